The number of hydrogen-bond acceptors (Lipinski definition) is 5. The molecule has 0 atom stereocenters. The fraction of sp³-hybridized carbons (Fsp3) is 0.471. The Labute approximate surface area is 144 Å². The molecule has 0 bridgehead atoms. The fourth-order valence-corrected chi connectivity index (χ4v) is 2.94. The van der Waals surface area contributed by atoms with E-state index in [1.807, 2.05) is 24.3 Å². The molecule has 3 rings (SSSR count). The molecule has 3 aromatic rings. The predicted molar refractivity (Wildman–Crippen MR) is 92.8 cm³/mol. The fourth-order valence-electron chi connectivity index (χ4n) is 2.94. The molecule has 3 heterocycles. The smallest absolute Gasteiger partial charge is 0.291 e. The van der Waals surface area contributed by atoms with Gasteiger partial charge >= 0.3 is 0 Å². The summed E-state index contributed by atoms with van der Waals surface area (Å²) in [6, 6.07) is 3.64. The van der Waals surface area contributed by atoms with E-state index < -0.39 is 0 Å². The predicted octanol–water partition coefficient (Wildman–Crippen LogP) is 1.40. The van der Waals surface area contributed by atoms with E-state index in [4.69, 9.17) is 9.15 Å². The lowest BCUT2D eigenvalue weighted by molar-refractivity contribution is -0.121. The van der Waals surface area contributed by atoms with Crippen molar-refractivity contribution in [3.8, 4) is 0 Å². The Hall–Kier alpha value is -2.61. The van der Waals surface area contributed by atoms with Crippen molar-refractivity contribution in [1.82, 2.24) is 19.5 Å². The number of ether oxygens (including phenoxy) is 1. The van der Waals surface area contributed by atoms with Gasteiger partial charge < -0.3 is 14.5 Å². The van der Waals surface area contributed by atoms with Crippen LogP contribution in [-0.2, 0) is 16.1 Å². The zero-order chi connectivity index (χ0) is 18.0. The maximum Gasteiger partial charge on any atom is 0.291 e. The van der Waals surface area contributed by atoms with Crippen molar-refractivity contribution in [3.05, 3.63) is 34.1 Å². The third kappa shape index (κ3) is 3.43. The third-order valence-electron chi connectivity index (χ3n) is 4.06. The minimum absolute atomic E-state index is 0.0569. The van der Waals surface area contributed by atoms with Crippen LogP contribution in [-0.4, -0.2) is 40.3 Å². The Kier molecular flexibility index (Phi) is 4.89. The van der Waals surface area contributed by atoms with E-state index in [1.54, 1.807) is 13.2 Å². The highest BCUT2D eigenvalue weighted by Gasteiger charge is 2.15. The first-order chi connectivity index (χ1) is 12.0. The highest BCUT2D eigenvalue weighted by molar-refractivity contribution is 5.83. The molecule has 0 saturated heterocycles. The maximum absolute atomic E-state index is 12.6. The van der Waals surface area contributed by atoms with Crippen molar-refractivity contribution in [2.45, 2.75) is 33.2 Å². The first kappa shape index (κ1) is 17.2. The van der Waals surface area contributed by atoms with Crippen molar-refractivity contribution in [1.29, 1.82) is 0 Å². The number of hydrogen-bond donors (Lipinski definition) is 1. The molecule has 0 aliphatic carbocycles. The lowest BCUT2D eigenvalue weighted by Crippen LogP contribution is -2.29. The molecule has 0 aromatic carbocycles. The first-order valence-corrected chi connectivity index (χ1v) is 8.26. The Bertz CT molecular complexity index is 966. The molecule has 134 valence electrons. The highest BCUT2D eigenvalue weighted by Crippen LogP contribution is 2.22. The average molecular weight is 346 g/mol. The molecule has 0 spiro atoms. The second-order valence-corrected chi connectivity index (χ2v) is 5.99. The molecule has 1 amide bonds. The molecule has 3 aromatic heterocycles. The molecule has 25 heavy (non-hydrogen) atoms. The van der Waals surface area contributed by atoms with Gasteiger partial charge in [0.15, 0.2) is 5.58 Å². The lowest BCUT2D eigenvalue weighted by Gasteiger charge is -2.08. The molecule has 8 nitrogen and oxygen atoms in total. The van der Waals surface area contributed by atoms with Crippen molar-refractivity contribution < 1.29 is 13.9 Å². The molecule has 1 N–H and O–H groups in total. The van der Waals surface area contributed by atoms with Gasteiger partial charge in [0.05, 0.1) is 12.1 Å². The van der Waals surface area contributed by atoms with E-state index in [2.05, 4.69) is 10.4 Å². The number of aryl methyl sites for hydroxylation is 3. The van der Waals surface area contributed by atoms with E-state index in [1.165, 1.54) is 4.68 Å². The summed E-state index contributed by atoms with van der Waals surface area (Å²) in [6.07, 6.45) is 0.877. The SMILES string of the molecule is COCCNC(=O)CCCn1nc(C)n2c(cc3oc(C)cc32)c1=O. The van der Waals surface area contributed by atoms with Crippen LogP contribution in [0.15, 0.2) is 21.3 Å². The Morgan fingerprint density at radius 2 is 2.12 bits per heavy atom. The van der Waals surface area contributed by atoms with Crippen molar-refractivity contribution >= 4 is 22.5 Å². The van der Waals surface area contributed by atoms with Crippen LogP contribution in [0.2, 0.25) is 0 Å². The van der Waals surface area contributed by atoms with Gasteiger partial charge in [-0.05, 0) is 20.3 Å². The Balaban J connectivity index is 1.75. The Morgan fingerprint density at radius 1 is 1.32 bits per heavy atom. The zero-order valence-corrected chi connectivity index (χ0v) is 14.7. The summed E-state index contributed by atoms with van der Waals surface area (Å²) < 4.78 is 13.7. The van der Waals surface area contributed by atoms with Crippen LogP contribution in [0.3, 0.4) is 0 Å². The van der Waals surface area contributed by atoms with Gasteiger partial charge in [-0.3, -0.25) is 14.0 Å². The van der Waals surface area contributed by atoms with Crippen LogP contribution in [0, 0.1) is 13.8 Å². The minimum Gasteiger partial charge on any atom is -0.460 e. The normalized spacial score (nSPS) is 11.5. The summed E-state index contributed by atoms with van der Waals surface area (Å²) in [4.78, 5) is 24.3. The number of nitrogens with one attached hydrogen (secondary N) is 1. The number of amides is 1. The van der Waals surface area contributed by atoms with Gasteiger partial charge in [0.25, 0.3) is 5.56 Å². The van der Waals surface area contributed by atoms with E-state index in [0.717, 1.165) is 11.3 Å². The Morgan fingerprint density at radius 3 is 2.88 bits per heavy atom. The van der Waals surface area contributed by atoms with Gasteiger partial charge in [0, 0.05) is 38.8 Å². The van der Waals surface area contributed by atoms with Crippen LogP contribution < -0.4 is 10.9 Å². The number of furan rings is 1. The van der Waals surface area contributed by atoms with E-state index >= 15 is 0 Å². The summed E-state index contributed by atoms with van der Waals surface area (Å²) >= 11 is 0. The lowest BCUT2D eigenvalue weighted by atomic mass is 10.3. The van der Waals surface area contributed by atoms with Crippen LogP contribution in [0.25, 0.3) is 16.6 Å². The van der Waals surface area contributed by atoms with Gasteiger partial charge in [-0.25, -0.2) is 4.68 Å². The number of nitrogens with zero attached hydrogens (tertiary/aromatic N) is 3. The number of fused-ring (bicyclic) bond motifs is 3. The molecular formula is C17H22N4O4. The molecule has 8 heteroatoms. The number of carbonyl (C=O) groups is 1. The van der Waals surface area contributed by atoms with E-state index in [0.29, 0.717) is 49.5 Å². The first-order valence-electron chi connectivity index (χ1n) is 8.26. The molecule has 0 aliphatic heterocycles. The summed E-state index contributed by atoms with van der Waals surface area (Å²) in [5.41, 5.74) is 1.87. The minimum atomic E-state index is -0.186. The number of rotatable bonds is 7. The van der Waals surface area contributed by atoms with Gasteiger partial charge in [-0.15, -0.1) is 0 Å². The molecule has 0 fully saturated rings. The number of methoxy groups -OCH3 is 1. The maximum atomic E-state index is 12.6. The largest absolute Gasteiger partial charge is 0.460 e. The van der Waals surface area contributed by atoms with Gasteiger partial charge in [0.1, 0.15) is 17.1 Å². The third-order valence-corrected chi connectivity index (χ3v) is 4.06. The topological polar surface area (TPSA) is 90.8 Å². The van der Waals surface area contributed by atoms with Gasteiger partial charge in [-0.2, -0.15) is 5.10 Å². The van der Waals surface area contributed by atoms with Crippen molar-refractivity contribution in [2.24, 2.45) is 0 Å². The van der Waals surface area contributed by atoms with Gasteiger partial charge in [-0.1, -0.05) is 0 Å². The summed E-state index contributed by atoms with van der Waals surface area (Å²) in [5, 5.41) is 7.14. The molecule has 0 aliphatic rings. The van der Waals surface area contributed by atoms with Crippen molar-refractivity contribution in [3.63, 3.8) is 0 Å². The van der Waals surface area contributed by atoms with E-state index in [-0.39, 0.29) is 11.5 Å². The summed E-state index contributed by atoms with van der Waals surface area (Å²) in [5.74, 6) is 1.44. The second kappa shape index (κ2) is 7.10. The van der Waals surface area contributed by atoms with Gasteiger partial charge in [0.2, 0.25) is 5.91 Å². The van der Waals surface area contributed by atoms with Crippen molar-refractivity contribution in [2.75, 3.05) is 20.3 Å². The molecule has 0 unspecified atom stereocenters. The number of aromatic nitrogens is 3. The van der Waals surface area contributed by atoms with Crippen LogP contribution in [0.4, 0.5) is 0 Å². The second-order valence-electron chi connectivity index (χ2n) is 5.99. The van der Waals surface area contributed by atoms with Crippen LogP contribution in [0.1, 0.15) is 24.4 Å². The molecule has 0 radical (unpaired) electrons. The zero-order valence-electron chi connectivity index (χ0n) is 14.7. The van der Waals surface area contributed by atoms with Crippen LogP contribution in [0.5, 0.6) is 0 Å². The number of carbonyl (C=O) groups excluding carboxylic acids is 1. The standard InChI is InChI=1S/C17H22N4O4/c1-11-9-13-15(25-11)10-14-17(23)20(19-12(2)21(13)14)7-4-5-16(22)18-6-8-24-3/h9-10H,4-8H2,1-3H3,(H,18,22). The van der Waals surface area contributed by atoms with E-state index in [9.17, 15) is 9.59 Å². The molecular weight excluding hydrogens is 324 g/mol. The molecule has 0 saturated carbocycles. The highest BCUT2D eigenvalue weighted by atomic mass is 16.5. The van der Waals surface area contributed by atoms with Crippen LogP contribution >= 0.6 is 0 Å². The quantitative estimate of drug-likeness (QED) is 0.653. The monoisotopic (exact) mass is 346 g/mol. The summed E-state index contributed by atoms with van der Waals surface area (Å²) in [7, 11) is 1.59. The average Bonchev–Trinajstić information content (AvgIpc) is 3.08. The summed E-state index contributed by atoms with van der Waals surface area (Å²) in [6.45, 7) is 5.08.